The van der Waals surface area contributed by atoms with E-state index in [2.05, 4.69) is 12.2 Å². The zero-order valence-corrected chi connectivity index (χ0v) is 10.8. The Morgan fingerprint density at radius 1 is 0.938 bits per heavy atom. The van der Waals surface area contributed by atoms with Gasteiger partial charge in [0, 0.05) is 18.1 Å². The number of nitrogens with one attached hydrogen (secondary N) is 1. The first-order valence-corrected chi connectivity index (χ1v) is 7.27. The second-order valence-corrected chi connectivity index (χ2v) is 6.01. The normalized spacial score (nSPS) is 41.6. The van der Waals surface area contributed by atoms with Crippen molar-refractivity contribution in [1.29, 1.82) is 0 Å². The molecule has 4 unspecified atom stereocenters. The summed E-state index contributed by atoms with van der Waals surface area (Å²) in [4.78, 5) is 0. The van der Waals surface area contributed by atoms with E-state index in [-0.39, 0.29) is 0 Å². The lowest BCUT2D eigenvalue weighted by atomic mass is 9.89. The predicted octanol–water partition coefficient (Wildman–Crippen LogP) is 2.81. The third kappa shape index (κ3) is 3.46. The molecule has 0 aliphatic heterocycles. The summed E-state index contributed by atoms with van der Waals surface area (Å²) >= 11 is 0. The predicted molar refractivity (Wildman–Crippen MR) is 69.4 cm³/mol. The van der Waals surface area contributed by atoms with E-state index in [9.17, 15) is 0 Å². The zero-order chi connectivity index (χ0) is 11.4. The Labute approximate surface area is 100 Å². The molecule has 2 fully saturated rings. The zero-order valence-electron chi connectivity index (χ0n) is 10.8. The first-order chi connectivity index (χ1) is 7.75. The van der Waals surface area contributed by atoms with Crippen LogP contribution in [0.5, 0.6) is 0 Å². The van der Waals surface area contributed by atoms with E-state index in [1.54, 1.807) is 0 Å². The molecule has 0 aromatic carbocycles. The smallest absolute Gasteiger partial charge is 0.00952 e. The standard InChI is InChI=1S/C14H28N2/c1-11-6-3-2-4-9-14(11)16-13-8-5-7-12(15)10-13/h11-14,16H,2-10,15H2,1H3. The molecule has 0 spiro atoms. The summed E-state index contributed by atoms with van der Waals surface area (Å²) in [5.41, 5.74) is 6.06. The van der Waals surface area contributed by atoms with Gasteiger partial charge in [-0.3, -0.25) is 0 Å². The van der Waals surface area contributed by atoms with Gasteiger partial charge in [0.05, 0.1) is 0 Å². The summed E-state index contributed by atoms with van der Waals surface area (Å²) in [7, 11) is 0. The van der Waals surface area contributed by atoms with E-state index in [0.717, 1.165) is 12.0 Å². The highest BCUT2D eigenvalue weighted by Crippen LogP contribution is 2.25. The molecule has 94 valence electrons. The summed E-state index contributed by atoms with van der Waals surface area (Å²) in [5, 5.41) is 3.90. The first kappa shape index (κ1) is 12.4. The van der Waals surface area contributed by atoms with Gasteiger partial charge in [-0.2, -0.15) is 0 Å². The minimum atomic E-state index is 0.451. The molecule has 16 heavy (non-hydrogen) atoms. The van der Waals surface area contributed by atoms with E-state index >= 15 is 0 Å². The van der Waals surface area contributed by atoms with Crippen LogP contribution in [0.3, 0.4) is 0 Å². The highest BCUT2D eigenvalue weighted by molar-refractivity contribution is 4.85. The Hall–Kier alpha value is -0.0800. The largest absolute Gasteiger partial charge is 0.328 e. The van der Waals surface area contributed by atoms with Crippen molar-refractivity contribution in [2.45, 2.75) is 82.8 Å². The maximum atomic E-state index is 6.06. The van der Waals surface area contributed by atoms with Crippen molar-refractivity contribution in [3.63, 3.8) is 0 Å². The van der Waals surface area contributed by atoms with E-state index in [1.807, 2.05) is 0 Å². The van der Waals surface area contributed by atoms with Crippen LogP contribution in [-0.4, -0.2) is 18.1 Å². The van der Waals surface area contributed by atoms with Crippen molar-refractivity contribution in [2.75, 3.05) is 0 Å². The van der Waals surface area contributed by atoms with E-state index in [0.29, 0.717) is 12.1 Å². The summed E-state index contributed by atoms with van der Waals surface area (Å²) < 4.78 is 0. The molecule has 3 N–H and O–H groups in total. The summed E-state index contributed by atoms with van der Waals surface area (Å²) in [6.45, 7) is 2.42. The number of hydrogen-bond donors (Lipinski definition) is 2. The fourth-order valence-electron chi connectivity index (χ4n) is 3.42. The molecular formula is C14H28N2. The Morgan fingerprint density at radius 3 is 2.56 bits per heavy atom. The molecule has 4 atom stereocenters. The SMILES string of the molecule is CC1CCCCCC1NC1CCCC(N)C1. The van der Waals surface area contributed by atoms with Crippen LogP contribution < -0.4 is 11.1 Å². The van der Waals surface area contributed by atoms with Crippen LogP contribution in [0, 0.1) is 5.92 Å². The summed E-state index contributed by atoms with van der Waals surface area (Å²) in [5.74, 6) is 0.862. The van der Waals surface area contributed by atoms with Gasteiger partial charge in [-0.25, -0.2) is 0 Å². The van der Waals surface area contributed by atoms with Gasteiger partial charge in [-0.1, -0.05) is 32.6 Å². The Kier molecular flexibility index (Phi) is 4.66. The second kappa shape index (κ2) is 6.02. The van der Waals surface area contributed by atoms with Crippen molar-refractivity contribution in [3.8, 4) is 0 Å². The van der Waals surface area contributed by atoms with Crippen LogP contribution in [0.4, 0.5) is 0 Å². The van der Waals surface area contributed by atoms with Gasteiger partial charge in [0.1, 0.15) is 0 Å². The molecule has 2 rings (SSSR count). The van der Waals surface area contributed by atoms with Crippen LogP contribution in [0.15, 0.2) is 0 Å². The molecule has 2 nitrogen and oxygen atoms in total. The minimum Gasteiger partial charge on any atom is -0.328 e. The Morgan fingerprint density at radius 2 is 1.75 bits per heavy atom. The molecule has 0 amide bonds. The maximum absolute atomic E-state index is 6.06. The fraction of sp³-hybridized carbons (Fsp3) is 1.00. The molecule has 2 saturated carbocycles. The quantitative estimate of drug-likeness (QED) is 0.708. The molecular weight excluding hydrogens is 196 g/mol. The third-order valence-electron chi connectivity index (χ3n) is 4.53. The van der Waals surface area contributed by atoms with Crippen LogP contribution in [0.25, 0.3) is 0 Å². The number of rotatable bonds is 2. The molecule has 0 aromatic rings. The van der Waals surface area contributed by atoms with Gasteiger partial charge >= 0.3 is 0 Å². The van der Waals surface area contributed by atoms with Crippen molar-refractivity contribution in [2.24, 2.45) is 11.7 Å². The summed E-state index contributed by atoms with van der Waals surface area (Å²) in [6, 6.07) is 1.92. The lowest BCUT2D eigenvalue weighted by molar-refractivity contribution is 0.265. The van der Waals surface area contributed by atoms with E-state index < -0.39 is 0 Å². The van der Waals surface area contributed by atoms with Gasteiger partial charge in [0.2, 0.25) is 0 Å². The lowest BCUT2D eigenvalue weighted by Crippen LogP contribution is -2.46. The molecule has 2 aliphatic rings. The highest BCUT2D eigenvalue weighted by atomic mass is 15.0. The molecule has 0 saturated heterocycles. The maximum Gasteiger partial charge on any atom is 0.00952 e. The van der Waals surface area contributed by atoms with Crippen molar-refractivity contribution >= 4 is 0 Å². The molecule has 0 bridgehead atoms. The fourth-order valence-corrected chi connectivity index (χ4v) is 3.42. The lowest BCUT2D eigenvalue weighted by Gasteiger charge is -2.33. The Bertz CT molecular complexity index is 205. The van der Waals surface area contributed by atoms with Crippen LogP contribution in [0.1, 0.15) is 64.7 Å². The number of hydrogen-bond acceptors (Lipinski definition) is 2. The monoisotopic (exact) mass is 224 g/mol. The molecule has 2 heteroatoms. The van der Waals surface area contributed by atoms with Gasteiger partial charge in [0.25, 0.3) is 0 Å². The average molecular weight is 224 g/mol. The molecule has 0 radical (unpaired) electrons. The number of nitrogens with two attached hydrogens (primary N) is 1. The highest BCUT2D eigenvalue weighted by Gasteiger charge is 2.25. The van der Waals surface area contributed by atoms with Gasteiger partial charge in [-0.05, 0) is 38.0 Å². The van der Waals surface area contributed by atoms with E-state index in [4.69, 9.17) is 5.73 Å². The van der Waals surface area contributed by atoms with Crippen molar-refractivity contribution in [1.82, 2.24) is 5.32 Å². The topological polar surface area (TPSA) is 38.0 Å². The van der Waals surface area contributed by atoms with Crippen molar-refractivity contribution in [3.05, 3.63) is 0 Å². The second-order valence-electron chi connectivity index (χ2n) is 6.01. The van der Waals surface area contributed by atoms with Gasteiger partial charge < -0.3 is 11.1 Å². The average Bonchev–Trinajstić information content (AvgIpc) is 2.45. The van der Waals surface area contributed by atoms with E-state index in [1.165, 1.54) is 57.8 Å². The molecule has 2 aliphatic carbocycles. The Balaban J connectivity index is 1.82. The van der Waals surface area contributed by atoms with Crippen LogP contribution >= 0.6 is 0 Å². The van der Waals surface area contributed by atoms with Crippen LogP contribution in [-0.2, 0) is 0 Å². The molecule has 0 aromatic heterocycles. The third-order valence-corrected chi connectivity index (χ3v) is 4.53. The van der Waals surface area contributed by atoms with Gasteiger partial charge in [0.15, 0.2) is 0 Å². The van der Waals surface area contributed by atoms with Gasteiger partial charge in [-0.15, -0.1) is 0 Å². The van der Waals surface area contributed by atoms with Crippen LogP contribution in [0.2, 0.25) is 0 Å². The first-order valence-electron chi connectivity index (χ1n) is 7.27. The summed E-state index contributed by atoms with van der Waals surface area (Å²) in [6.07, 6.45) is 12.2. The van der Waals surface area contributed by atoms with Crippen molar-refractivity contribution < 1.29 is 0 Å². The molecule has 0 heterocycles. The minimum absolute atomic E-state index is 0.451.